The zero-order valence-electron chi connectivity index (χ0n) is 11.8. The third kappa shape index (κ3) is 4.83. The van der Waals surface area contributed by atoms with Crippen LogP contribution < -0.4 is 5.73 Å². The summed E-state index contributed by atoms with van der Waals surface area (Å²) in [4.78, 5) is -0.433. The minimum atomic E-state index is -3.71. The second-order valence-corrected chi connectivity index (χ2v) is 7.80. The highest BCUT2D eigenvalue weighted by molar-refractivity contribution is 7.91. The maximum Gasteiger partial charge on any atom is 0.181 e. The molecule has 0 bridgehead atoms. The van der Waals surface area contributed by atoms with Gasteiger partial charge in [-0.2, -0.15) is 0 Å². The summed E-state index contributed by atoms with van der Waals surface area (Å²) in [5, 5.41) is 0. The van der Waals surface area contributed by atoms with Gasteiger partial charge in [0.1, 0.15) is 16.5 Å². The van der Waals surface area contributed by atoms with Crippen molar-refractivity contribution < 1.29 is 17.2 Å². The van der Waals surface area contributed by atoms with E-state index < -0.39 is 26.4 Å². The van der Waals surface area contributed by atoms with Gasteiger partial charge in [0, 0.05) is 6.07 Å². The summed E-state index contributed by atoms with van der Waals surface area (Å²) < 4.78 is 50.2. The number of halogens is 2. The molecule has 0 aliphatic rings. The van der Waals surface area contributed by atoms with Crippen molar-refractivity contribution >= 4 is 9.84 Å². The molecule has 20 heavy (non-hydrogen) atoms. The molecule has 0 saturated carbocycles. The maximum absolute atomic E-state index is 13.5. The van der Waals surface area contributed by atoms with Gasteiger partial charge in [-0.3, -0.25) is 0 Å². The van der Waals surface area contributed by atoms with Gasteiger partial charge < -0.3 is 5.73 Å². The lowest BCUT2D eigenvalue weighted by Gasteiger charge is -2.21. The predicted molar refractivity (Wildman–Crippen MR) is 75.1 cm³/mol. The van der Waals surface area contributed by atoms with E-state index in [0.717, 1.165) is 18.6 Å². The smallest absolute Gasteiger partial charge is 0.181 e. The molecule has 0 amide bonds. The molecule has 6 heteroatoms. The van der Waals surface area contributed by atoms with Crippen LogP contribution in [-0.2, 0) is 9.84 Å². The van der Waals surface area contributed by atoms with Gasteiger partial charge in [-0.15, -0.1) is 0 Å². The zero-order valence-corrected chi connectivity index (χ0v) is 12.6. The molecular weight excluding hydrogens is 284 g/mol. The highest BCUT2D eigenvalue weighted by Crippen LogP contribution is 2.23. The molecule has 1 rings (SSSR count). The van der Waals surface area contributed by atoms with Crippen LogP contribution in [0.4, 0.5) is 8.78 Å². The van der Waals surface area contributed by atoms with E-state index in [-0.39, 0.29) is 11.2 Å². The first-order valence-electron chi connectivity index (χ1n) is 6.56. The number of benzene rings is 1. The molecule has 0 unspecified atom stereocenters. The van der Waals surface area contributed by atoms with E-state index in [2.05, 4.69) is 0 Å². The van der Waals surface area contributed by atoms with Gasteiger partial charge in [-0.05, 0) is 36.9 Å². The minimum absolute atomic E-state index is 0.0229. The molecular formula is C14H21F2NO2S. The zero-order chi connectivity index (χ0) is 15.4. The average Bonchev–Trinajstić information content (AvgIpc) is 2.34. The van der Waals surface area contributed by atoms with Crippen molar-refractivity contribution in [3.63, 3.8) is 0 Å². The highest BCUT2D eigenvalue weighted by atomic mass is 32.2. The van der Waals surface area contributed by atoms with Crippen LogP contribution in [0.2, 0.25) is 0 Å². The lowest BCUT2D eigenvalue weighted by atomic mass is 9.88. The highest BCUT2D eigenvalue weighted by Gasteiger charge is 2.20. The molecule has 0 saturated heterocycles. The topological polar surface area (TPSA) is 60.2 Å². The Kier molecular flexibility index (Phi) is 5.65. The van der Waals surface area contributed by atoms with Gasteiger partial charge in [-0.25, -0.2) is 17.2 Å². The van der Waals surface area contributed by atoms with Crippen molar-refractivity contribution in [1.82, 2.24) is 0 Å². The molecule has 0 spiro atoms. The molecule has 114 valence electrons. The van der Waals surface area contributed by atoms with Gasteiger partial charge >= 0.3 is 0 Å². The van der Waals surface area contributed by atoms with E-state index in [1.807, 2.05) is 13.8 Å². The largest absolute Gasteiger partial charge is 0.330 e. The molecule has 1 aromatic carbocycles. The fraction of sp³-hybridized carbons (Fsp3) is 0.571. The van der Waals surface area contributed by atoms with Gasteiger partial charge in [0.2, 0.25) is 0 Å². The minimum Gasteiger partial charge on any atom is -0.330 e. The van der Waals surface area contributed by atoms with Gasteiger partial charge in [0.25, 0.3) is 0 Å². The molecule has 0 fully saturated rings. The Morgan fingerprint density at radius 3 is 2.40 bits per heavy atom. The van der Waals surface area contributed by atoms with Gasteiger partial charge in [-0.1, -0.05) is 20.3 Å². The fourth-order valence-corrected chi connectivity index (χ4v) is 3.27. The van der Waals surface area contributed by atoms with Crippen LogP contribution >= 0.6 is 0 Å². The molecule has 3 nitrogen and oxygen atoms in total. The maximum atomic E-state index is 13.5. The summed E-state index contributed by atoms with van der Waals surface area (Å²) >= 11 is 0. The Balaban J connectivity index is 2.63. The normalized spacial score (nSPS) is 12.7. The van der Waals surface area contributed by atoms with Crippen molar-refractivity contribution in [3.8, 4) is 0 Å². The lowest BCUT2D eigenvalue weighted by molar-refractivity contribution is 0.335. The number of rotatable bonds is 7. The number of hydrogen-bond acceptors (Lipinski definition) is 3. The van der Waals surface area contributed by atoms with Gasteiger partial charge in [0.15, 0.2) is 9.84 Å². The predicted octanol–water partition coefficient (Wildman–Crippen LogP) is 2.89. The molecule has 0 aromatic heterocycles. The Bertz CT molecular complexity index is 556. The van der Waals surface area contributed by atoms with E-state index in [9.17, 15) is 17.2 Å². The van der Waals surface area contributed by atoms with Crippen molar-refractivity contribution in [2.24, 2.45) is 11.1 Å². The molecule has 0 heterocycles. The van der Waals surface area contributed by atoms with Crippen LogP contribution in [-0.4, -0.2) is 20.7 Å². The molecule has 0 aliphatic carbocycles. The second-order valence-electron chi connectivity index (χ2n) is 5.72. The Hall–Kier alpha value is -1.01. The first-order chi connectivity index (χ1) is 9.18. The van der Waals surface area contributed by atoms with Crippen LogP contribution in [0.15, 0.2) is 23.1 Å². The Morgan fingerprint density at radius 1 is 1.20 bits per heavy atom. The number of hydrogen-bond donors (Lipinski definition) is 1. The van der Waals surface area contributed by atoms with E-state index in [0.29, 0.717) is 25.5 Å². The number of unbranched alkanes of at least 4 members (excludes halogenated alkanes) is 1. The monoisotopic (exact) mass is 305 g/mol. The molecule has 1 aromatic rings. The summed E-state index contributed by atoms with van der Waals surface area (Å²) in [5.74, 6) is -1.96. The van der Waals surface area contributed by atoms with Crippen LogP contribution in [0, 0.1) is 17.0 Å². The number of sulfone groups is 1. The molecule has 0 radical (unpaired) electrons. The SMILES string of the molecule is CC(C)(CN)CCCCS(=O)(=O)c1ccc(F)cc1F. The fourth-order valence-electron chi connectivity index (χ4n) is 1.84. The van der Waals surface area contributed by atoms with Crippen molar-refractivity contribution in [1.29, 1.82) is 0 Å². The van der Waals surface area contributed by atoms with Crippen molar-refractivity contribution in [2.75, 3.05) is 12.3 Å². The van der Waals surface area contributed by atoms with E-state index >= 15 is 0 Å². The first kappa shape index (κ1) is 17.0. The quantitative estimate of drug-likeness (QED) is 0.622. The van der Waals surface area contributed by atoms with E-state index in [1.165, 1.54) is 0 Å². The average molecular weight is 305 g/mol. The lowest BCUT2D eigenvalue weighted by Crippen LogP contribution is -2.23. The Labute approximate surface area is 119 Å². The van der Waals surface area contributed by atoms with E-state index in [1.54, 1.807) is 0 Å². The summed E-state index contributed by atoms with van der Waals surface area (Å²) in [5.41, 5.74) is 5.57. The van der Waals surface area contributed by atoms with Crippen molar-refractivity contribution in [2.45, 2.75) is 38.0 Å². The third-order valence-electron chi connectivity index (χ3n) is 3.30. The summed E-state index contributed by atoms with van der Waals surface area (Å²) in [7, 11) is -3.71. The van der Waals surface area contributed by atoms with Crippen LogP contribution in [0.5, 0.6) is 0 Å². The Morgan fingerprint density at radius 2 is 1.85 bits per heavy atom. The first-order valence-corrected chi connectivity index (χ1v) is 8.21. The third-order valence-corrected chi connectivity index (χ3v) is 5.13. The molecule has 2 N–H and O–H groups in total. The number of nitrogens with two attached hydrogens (primary N) is 1. The standard InChI is InChI=1S/C14H21F2NO2S/c1-14(2,10-17)7-3-4-8-20(18,19)13-6-5-11(15)9-12(13)16/h5-6,9H,3-4,7-8,10,17H2,1-2H3. The molecule has 0 aliphatic heterocycles. The second kappa shape index (κ2) is 6.63. The summed E-state index contributed by atoms with van der Waals surface area (Å²) in [6.07, 6.45) is 1.94. The summed E-state index contributed by atoms with van der Waals surface area (Å²) in [6, 6.07) is 2.52. The van der Waals surface area contributed by atoms with Gasteiger partial charge in [0.05, 0.1) is 5.75 Å². The summed E-state index contributed by atoms with van der Waals surface area (Å²) in [6.45, 7) is 4.56. The van der Waals surface area contributed by atoms with Crippen molar-refractivity contribution in [3.05, 3.63) is 29.8 Å². The van der Waals surface area contributed by atoms with Crippen LogP contribution in [0.1, 0.15) is 33.1 Å². The van der Waals surface area contributed by atoms with Crippen LogP contribution in [0.3, 0.4) is 0 Å². The molecule has 0 atom stereocenters. The van der Waals surface area contributed by atoms with Crippen LogP contribution in [0.25, 0.3) is 0 Å². The van der Waals surface area contributed by atoms with E-state index in [4.69, 9.17) is 5.73 Å².